The predicted octanol–water partition coefficient (Wildman–Crippen LogP) is 3.38. The summed E-state index contributed by atoms with van der Waals surface area (Å²) < 4.78 is 5.07. The van der Waals surface area contributed by atoms with Crippen LogP contribution in [0.5, 0.6) is 0 Å². The first-order chi connectivity index (χ1) is 8.69. The zero-order valence-corrected chi connectivity index (χ0v) is 12.0. The molecule has 0 saturated carbocycles. The molecule has 0 unspecified atom stereocenters. The lowest BCUT2D eigenvalue weighted by Crippen LogP contribution is -2.02. The van der Waals surface area contributed by atoms with Gasteiger partial charge in [0.05, 0.1) is 5.75 Å². The number of ketones is 1. The second-order valence-electron chi connectivity index (χ2n) is 3.91. The molecule has 3 nitrogen and oxygen atoms in total. The van der Waals surface area contributed by atoms with E-state index in [0.29, 0.717) is 5.75 Å². The van der Waals surface area contributed by atoms with Gasteiger partial charge >= 0.3 is 0 Å². The minimum Gasteiger partial charge on any atom is -0.293 e. The van der Waals surface area contributed by atoms with Crippen molar-refractivity contribution in [3.8, 4) is 0 Å². The van der Waals surface area contributed by atoms with Gasteiger partial charge in [0, 0.05) is 12.0 Å². The number of hydrogen-bond acceptors (Lipinski definition) is 5. The minimum absolute atomic E-state index is 0.136. The first-order valence-corrected chi connectivity index (χ1v) is 7.50. The van der Waals surface area contributed by atoms with Crippen LogP contribution in [0.15, 0.2) is 28.6 Å². The fourth-order valence-corrected chi connectivity index (χ4v) is 3.06. The molecule has 94 valence electrons. The lowest BCUT2D eigenvalue weighted by molar-refractivity contribution is 0.102. The van der Waals surface area contributed by atoms with E-state index in [9.17, 15) is 4.79 Å². The van der Waals surface area contributed by atoms with Gasteiger partial charge in [0.15, 0.2) is 10.1 Å². The maximum absolute atomic E-state index is 12.0. The van der Waals surface area contributed by atoms with Crippen LogP contribution >= 0.6 is 23.3 Å². The number of aryl methyl sites for hydroxylation is 2. The van der Waals surface area contributed by atoms with Gasteiger partial charge < -0.3 is 0 Å². The third-order valence-corrected chi connectivity index (χ3v) is 4.30. The van der Waals surface area contributed by atoms with Gasteiger partial charge in [-0.3, -0.25) is 4.79 Å². The van der Waals surface area contributed by atoms with Crippen LogP contribution < -0.4 is 0 Å². The molecule has 0 spiro atoms. The Labute approximate surface area is 115 Å². The van der Waals surface area contributed by atoms with Crippen molar-refractivity contribution in [2.45, 2.75) is 24.6 Å². The predicted molar refractivity (Wildman–Crippen MR) is 75.5 cm³/mol. The van der Waals surface area contributed by atoms with Crippen molar-refractivity contribution in [2.75, 3.05) is 5.75 Å². The molecule has 0 aliphatic carbocycles. The van der Waals surface area contributed by atoms with Crippen molar-refractivity contribution < 1.29 is 4.79 Å². The molecule has 1 aromatic heterocycles. The zero-order chi connectivity index (χ0) is 13.0. The van der Waals surface area contributed by atoms with Crippen LogP contribution in [-0.2, 0) is 6.42 Å². The Morgan fingerprint density at radius 3 is 2.94 bits per heavy atom. The summed E-state index contributed by atoms with van der Waals surface area (Å²) in [6, 6.07) is 7.67. The van der Waals surface area contributed by atoms with Gasteiger partial charge in [0.2, 0.25) is 0 Å². The minimum atomic E-state index is 0.136. The van der Waals surface area contributed by atoms with Crippen molar-refractivity contribution in [1.82, 2.24) is 9.36 Å². The van der Waals surface area contributed by atoms with E-state index in [1.165, 1.54) is 23.3 Å². The molecule has 0 N–H and O–H groups in total. The molecule has 1 aromatic carbocycles. The van der Waals surface area contributed by atoms with Crippen molar-refractivity contribution in [3.05, 3.63) is 41.2 Å². The van der Waals surface area contributed by atoms with Crippen molar-refractivity contribution in [3.63, 3.8) is 0 Å². The molecule has 0 bridgehead atoms. The number of carbonyl (C=O) groups is 1. The molecular weight excluding hydrogens is 264 g/mol. The number of nitrogens with zero attached hydrogens (tertiary/aromatic N) is 2. The quantitative estimate of drug-likeness (QED) is 0.621. The highest BCUT2D eigenvalue weighted by Gasteiger charge is 2.09. The van der Waals surface area contributed by atoms with Gasteiger partial charge in [0.25, 0.3) is 0 Å². The summed E-state index contributed by atoms with van der Waals surface area (Å²) in [5, 5.41) is 0. The standard InChI is InChI=1S/C13H14N2OS2/c1-3-12-14-13(18-15-12)17-8-11(16)10-6-4-5-9(2)7-10/h4-7H,3,8H2,1-2H3. The number of Topliss-reactive ketones (excluding diaryl/α,β-unsaturated/α-hetero) is 1. The number of benzene rings is 1. The van der Waals surface area contributed by atoms with E-state index in [-0.39, 0.29) is 5.78 Å². The average molecular weight is 278 g/mol. The highest BCUT2D eigenvalue weighted by molar-refractivity contribution is 8.01. The lowest BCUT2D eigenvalue weighted by atomic mass is 10.1. The Bertz CT molecular complexity index is 551. The van der Waals surface area contributed by atoms with Crippen LogP contribution in [0, 0.1) is 6.92 Å². The maximum Gasteiger partial charge on any atom is 0.173 e. The number of aromatic nitrogens is 2. The van der Waals surface area contributed by atoms with E-state index >= 15 is 0 Å². The molecule has 0 saturated heterocycles. The molecule has 0 radical (unpaired) electrons. The third kappa shape index (κ3) is 3.40. The first-order valence-electron chi connectivity index (χ1n) is 5.74. The first kappa shape index (κ1) is 13.2. The second kappa shape index (κ2) is 6.11. The van der Waals surface area contributed by atoms with E-state index < -0.39 is 0 Å². The summed E-state index contributed by atoms with van der Waals surface area (Å²) in [5.41, 5.74) is 1.87. The maximum atomic E-state index is 12.0. The Kier molecular flexibility index (Phi) is 4.49. The van der Waals surface area contributed by atoms with Gasteiger partial charge in [-0.1, -0.05) is 42.4 Å². The largest absolute Gasteiger partial charge is 0.293 e. The monoisotopic (exact) mass is 278 g/mol. The van der Waals surface area contributed by atoms with Crippen LogP contribution in [-0.4, -0.2) is 20.9 Å². The van der Waals surface area contributed by atoms with Crippen LogP contribution in [0.1, 0.15) is 28.7 Å². The van der Waals surface area contributed by atoms with E-state index in [4.69, 9.17) is 0 Å². The summed E-state index contributed by atoms with van der Waals surface area (Å²) in [4.78, 5) is 16.3. The molecule has 5 heteroatoms. The molecular formula is C13H14N2OS2. The lowest BCUT2D eigenvalue weighted by Gasteiger charge is -2.00. The van der Waals surface area contributed by atoms with Crippen LogP contribution in [0.3, 0.4) is 0 Å². The Balaban J connectivity index is 1.96. The molecule has 0 aliphatic rings. The van der Waals surface area contributed by atoms with Gasteiger partial charge in [-0.05, 0) is 24.5 Å². The molecule has 0 atom stereocenters. The highest BCUT2D eigenvalue weighted by atomic mass is 32.2. The summed E-state index contributed by atoms with van der Waals surface area (Å²) in [7, 11) is 0. The third-order valence-electron chi connectivity index (χ3n) is 2.43. The second-order valence-corrected chi connectivity index (χ2v) is 5.89. The fraction of sp³-hybridized carbons (Fsp3) is 0.308. The molecule has 0 aliphatic heterocycles. The molecule has 0 fully saturated rings. The van der Waals surface area contributed by atoms with Crippen LogP contribution in [0.2, 0.25) is 0 Å². The molecule has 2 rings (SSSR count). The Hall–Kier alpha value is -1.20. The van der Waals surface area contributed by atoms with Gasteiger partial charge in [-0.2, -0.15) is 4.37 Å². The SMILES string of the molecule is CCc1nsc(SCC(=O)c2cccc(C)c2)n1. The van der Waals surface area contributed by atoms with Gasteiger partial charge in [-0.25, -0.2) is 4.98 Å². The van der Waals surface area contributed by atoms with Gasteiger partial charge in [0.1, 0.15) is 5.82 Å². The number of rotatable bonds is 5. The summed E-state index contributed by atoms with van der Waals surface area (Å²) in [6.07, 6.45) is 0.836. The Morgan fingerprint density at radius 1 is 1.44 bits per heavy atom. The number of thioether (sulfide) groups is 1. The summed E-state index contributed by atoms with van der Waals surface area (Å²) in [6.45, 7) is 4.01. The average Bonchev–Trinajstić information content (AvgIpc) is 2.84. The van der Waals surface area contributed by atoms with Crippen LogP contribution in [0.4, 0.5) is 0 Å². The number of hydrogen-bond donors (Lipinski definition) is 0. The van der Waals surface area contributed by atoms with E-state index in [2.05, 4.69) is 9.36 Å². The van der Waals surface area contributed by atoms with E-state index in [0.717, 1.165) is 27.7 Å². The fourth-order valence-electron chi connectivity index (χ4n) is 1.47. The van der Waals surface area contributed by atoms with Crippen molar-refractivity contribution in [2.24, 2.45) is 0 Å². The van der Waals surface area contributed by atoms with Gasteiger partial charge in [-0.15, -0.1) is 0 Å². The van der Waals surface area contributed by atoms with E-state index in [1.807, 2.05) is 38.1 Å². The number of carbonyl (C=O) groups excluding carboxylic acids is 1. The van der Waals surface area contributed by atoms with Crippen molar-refractivity contribution >= 4 is 29.1 Å². The molecule has 2 aromatic rings. The van der Waals surface area contributed by atoms with Crippen molar-refractivity contribution in [1.29, 1.82) is 0 Å². The summed E-state index contributed by atoms with van der Waals surface area (Å²) in [5.74, 6) is 1.41. The zero-order valence-electron chi connectivity index (χ0n) is 10.3. The topological polar surface area (TPSA) is 42.9 Å². The van der Waals surface area contributed by atoms with Crippen LogP contribution in [0.25, 0.3) is 0 Å². The molecule has 0 amide bonds. The summed E-state index contributed by atoms with van der Waals surface area (Å²) >= 11 is 2.82. The highest BCUT2D eigenvalue weighted by Crippen LogP contribution is 2.21. The molecule has 1 heterocycles. The molecule has 18 heavy (non-hydrogen) atoms. The van der Waals surface area contributed by atoms with E-state index in [1.54, 1.807) is 0 Å². The normalized spacial score (nSPS) is 10.6. The smallest absolute Gasteiger partial charge is 0.173 e. The Morgan fingerprint density at radius 2 is 2.28 bits per heavy atom.